The lowest BCUT2D eigenvalue weighted by molar-refractivity contribution is 0.280. The van der Waals surface area contributed by atoms with Gasteiger partial charge in [0.15, 0.2) is 0 Å². The van der Waals surface area contributed by atoms with Crippen LogP contribution in [0.1, 0.15) is 6.42 Å². The maximum atomic E-state index is 10.0. The van der Waals surface area contributed by atoms with Gasteiger partial charge in [-0.1, -0.05) is 0 Å². The lowest BCUT2D eigenvalue weighted by Gasteiger charge is -2.01. The van der Waals surface area contributed by atoms with E-state index in [2.05, 4.69) is 9.84 Å². The molecule has 1 atom stereocenters. The molecule has 68 valence electrons. The first kappa shape index (κ1) is 11.1. The monoisotopic (exact) mass is 182 g/mol. The summed E-state index contributed by atoms with van der Waals surface area (Å²) < 4.78 is 14.4. The molecule has 0 heterocycles. The van der Waals surface area contributed by atoms with Crippen LogP contribution >= 0.6 is 8.25 Å². The molecule has 4 N–H and O–H groups in total. The Hall–Kier alpha value is 0.0700. The van der Waals surface area contributed by atoms with Gasteiger partial charge in [-0.05, 0) is 19.5 Å². The summed E-state index contributed by atoms with van der Waals surface area (Å²) in [5, 5.41) is 3.00. The molecule has 0 saturated carbocycles. The molecule has 0 amide bonds. The number of hydrogen-bond donors (Lipinski definition) is 3. The zero-order chi connectivity index (χ0) is 8.53. The average Bonchev–Trinajstić information content (AvgIpc) is 1.96. The van der Waals surface area contributed by atoms with Crippen molar-refractivity contribution in [3.8, 4) is 0 Å². The van der Waals surface area contributed by atoms with Gasteiger partial charge in [0.05, 0.1) is 6.61 Å². The fraction of sp³-hybridized carbons (Fsp3) is 1.00. The highest BCUT2D eigenvalue weighted by Gasteiger charge is 1.90. The van der Waals surface area contributed by atoms with Crippen molar-refractivity contribution in [3.63, 3.8) is 0 Å². The van der Waals surface area contributed by atoms with E-state index in [1.807, 2.05) is 0 Å². The SMILES string of the molecule is NCCCNCCO[PH](=O)O. The second-order valence-electron chi connectivity index (χ2n) is 2.01. The Morgan fingerprint density at radius 1 is 1.55 bits per heavy atom. The van der Waals surface area contributed by atoms with Gasteiger partial charge in [0.1, 0.15) is 0 Å². The van der Waals surface area contributed by atoms with E-state index in [0.29, 0.717) is 13.1 Å². The van der Waals surface area contributed by atoms with E-state index in [4.69, 9.17) is 10.6 Å². The van der Waals surface area contributed by atoms with E-state index in [1.54, 1.807) is 0 Å². The minimum absolute atomic E-state index is 0.277. The van der Waals surface area contributed by atoms with Crippen molar-refractivity contribution in [1.82, 2.24) is 5.32 Å². The van der Waals surface area contributed by atoms with Gasteiger partial charge in [0, 0.05) is 6.54 Å². The molecule has 5 nitrogen and oxygen atoms in total. The first-order chi connectivity index (χ1) is 5.27. The van der Waals surface area contributed by atoms with Gasteiger partial charge in [-0.25, -0.2) is 0 Å². The molecule has 0 bridgehead atoms. The Morgan fingerprint density at radius 2 is 2.27 bits per heavy atom. The molecule has 0 aliphatic carbocycles. The minimum atomic E-state index is -2.74. The summed E-state index contributed by atoms with van der Waals surface area (Å²) in [6.45, 7) is 2.35. The maximum Gasteiger partial charge on any atom is 0.316 e. The lowest BCUT2D eigenvalue weighted by atomic mass is 10.4. The molecule has 0 aromatic carbocycles. The zero-order valence-electron chi connectivity index (χ0n) is 6.38. The van der Waals surface area contributed by atoms with Gasteiger partial charge in [0.2, 0.25) is 0 Å². The largest absolute Gasteiger partial charge is 0.330 e. The normalized spacial score (nSPS) is 13.3. The molecule has 6 heteroatoms. The van der Waals surface area contributed by atoms with Crippen LogP contribution in [0.3, 0.4) is 0 Å². The molecule has 0 aromatic rings. The van der Waals surface area contributed by atoms with Gasteiger partial charge < -0.3 is 20.5 Å². The molecule has 1 unspecified atom stereocenters. The van der Waals surface area contributed by atoms with Crippen molar-refractivity contribution in [3.05, 3.63) is 0 Å². The summed E-state index contributed by atoms with van der Waals surface area (Å²) in [6.07, 6.45) is 0.911. The van der Waals surface area contributed by atoms with Crippen LogP contribution in [0.15, 0.2) is 0 Å². The number of nitrogens with one attached hydrogen (secondary N) is 1. The van der Waals surface area contributed by atoms with E-state index >= 15 is 0 Å². The maximum absolute atomic E-state index is 10.0. The van der Waals surface area contributed by atoms with Crippen molar-refractivity contribution in [1.29, 1.82) is 0 Å². The van der Waals surface area contributed by atoms with Gasteiger partial charge in [0.25, 0.3) is 0 Å². The summed E-state index contributed by atoms with van der Waals surface area (Å²) in [6, 6.07) is 0. The van der Waals surface area contributed by atoms with Crippen LogP contribution < -0.4 is 11.1 Å². The van der Waals surface area contributed by atoms with Gasteiger partial charge in [-0.15, -0.1) is 0 Å². The molecule has 0 aromatic heterocycles. The summed E-state index contributed by atoms with van der Waals surface area (Å²) in [7, 11) is -2.74. The summed E-state index contributed by atoms with van der Waals surface area (Å²) in [5.41, 5.74) is 5.24. The summed E-state index contributed by atoms with van der Waals surface area (Å²) in [5.74, 6) is 0. The first-order valence-corrected chi connectivity index (χ1v) is 4.80. The predicted molar refractivity (Wildman–Crippen MR) is 43.7 cm³/mol. The Balaban J connectivity index is 2.85. The van der Waals surface area contributed by atoms with Crippen LogP contribution in [-0.4, -0.2) is 31.1 Å². The van der Waals surface area contributed by atoms with Gasteiger partial charge in [-0.3, -0.25) is 4.57 Å². The molecule has 0 spiro atoms. The molecule has 0 aliphatic heterocycles. The van der Waals surface area contributed by atoms with E-state index in [9.17, 15) is 4.57 Å². The second kappa shape index (κ2) is 8.17. The highest BCUT2D eigenvalue weighted by atomic mass is 31.1. The highest BCUT2D eigenvalue weighted by molar-refractivity contribution is 7.32. The van der Waals surface area contributed by atoms with Crippen molar-refractivity contribution < 1.29 is 14.0 Å². The smallest absolute Gasteiger partial charge is 0.316 e. The van der Waals surface area contributed by atoms with E-state index < -0.39 is 8.25 Å². The summed E-state index contributed by atoms with van der Waals surface area (Å²) in [4.78, 5) is 8.23. The third kappa shape index (κ3) is 10.1. The molecular formula is C5H15N2O3P. The molecule has 11 heavy (non-hydrogen) atoms. The van der Waals surface area contributed by atoms with Crippen LogP contribution in [-0.2, 0) is 9.09 Å². The number of hydrogen-bond acceptors (Lipinski definition) is 4. The van der Waals surface area contributed by atoms with Crippen molar-refractivity contribution in [2.45, 2.75) is 6.42 Å². The standard InChI is InChI=1S/C5H15N2O3P/c6-2-1-3-7-4-5-10-11(8)9/h7,11H,1-6H2,(H,8,9). The minimum Gasteiger partial charge on any atom is -0.330 e. The van der Waals surface area contributed by atoms with Crippen molar-refractivity contribution in [2.75, 3.05) is 26.2 Å². The predicted octanol–water partition coefficient (Wildman–Crippen LogP) is -0.677. The molecule has 0 fully saturated rings. The van der Waals surface area contributed by atoms with Gasteiger partial charge in [-0.2, -0.15) is 0 Å². The second-order valence-corrected chi connectivity index (χ2v) is 2.83. The number of rotatable bonds is 7. The van der Waals surface area contributed by atoms with E-state index in [-0.39, 0.29) is 6.61 Å². The third-order valence-electron chi connectivity index (χ3n) is 1.06. The Bertz CT molecular complexity index is 112. The molecule has 0 aliphatic rings. The Morgan fingerprint density at radius 3 is 2.82 bits per heavy atom. The van der Waals surface area contributed by atoms with Crippen molar-refractivity contribution >= 4 is 8.25 Å². The topological polar surface area (TPSA) is 84.6 Å². The van der Waals surface area contributed by atoms with Crippen LogP contribution in [0, 0.1) is 0 Å². The molecule has 0 rings (SSSR count). The molecular weight excluding hydrogens is 167 g/mol. The highest BCUT2D eigenvalue weighted by Crippen LogP contribution is 2.12. The third-order valence-corrected chi connectivity index (χ3v) is 1.51. The fourth-order valence-corrected chi connectivity index (χ4v) is 0.839. The van der Waals surface area contributed by atoms with Crippen LogP contribution in [0.25, 0.3) is 0 Å². The van der Waals surface area contributed by atoms with E-state index in [1.165, 1.54) is 0 Å². The fourth-order valence-electron chi connectivity index (χ4n) is 0.563. The zero-order valence-corrected chi connectivity index (χ0v) is 7.38. The Labute approximate surface area is 66.9 Å². The first-order valence-electron chi connectivity index (χ1n) is 3.54. The quantitative estimate of drug-likeness (QED) is 0.359. The van der Waals surface area contributed by atoms with Crippen LogP contribution in [0.4, 0.5) is 0 Å². The lowest BCUT2D eigenvalue weighted by Crippen LogP contribution is -2.21. The molecule has 0 radical (unpaired) electrons. The number of nitrogens with two attached hydrogens (primary N) is 1. The van der Waals surface area contributed by atoms with Crippen LogP contribution in [0.5, 0.6) is 0 Å². The Kier molecular flexibility index (Phi) is 8.22. The van der Waals surface area contributed by atoms with E-state index in [0.717, 1.165) is 13.0 Å². The average molecular weight is 182 g/mol. The van der Waals surface area contributed by atoms with Crippen LogP contribution in [0.2, 0.25) is 0 Å². The molecule has 0 saturated heterocycles. The summed E-state index contributed by atoms with van der Waals surface area (Å²) >= 11 is 0. The van der Waals surface area contributed by atoms with Crippen molar-refractivity contribution in [2.24, 2.45) is 5.73 Å². The van der Waals surface area contributed by atoms with Gasteiger partial charge >= 0.3 is 8.25 Å².